The van der Waals surface area contributed by atoms with Crippen LogP contribution in [0.5, 0.6) is 0 Å². The summed E-state index contributed by atoms with van der Waals surface area (Å²) in [5.41, 5.74) is 1.93. The molecule has 1 aromatic heterocycles. The topological polar surface area (TPSA) is 71.3 Å². The molecule has 0 fully saturated rings. The molecule has 7 heteroatoms. The van der Waals surface area contributed by atoms with E-state index in [0.717, 1.165) is 10.0 Å². The van der Waals surface area contributed by atoms with E-state index in [-0.39, 0.29) is 17.6 Å². The fourth-order valence-corrected chi connectivity index (χ4v) is 2.82. The van der Waals surface area contributed by atoms with Gasteiger partial charge in [0.15, 0.2) is 5.76 Å². The third-order valence-corrected chi connectivity index (χ3v) is 4.41. The molecule has 0 spiro atoms. The molecule has 0 saturated heterocycles. The lowest BCUT2D eigenvalue weighted by Crippen LogP contribution is -2.23. The number of nitrogens with one attached hydrogen (secondary N) is 2. The Morgan fingerprint density at radius 3 is 2.50 bits per heavy atom. The molecule has 3 rings (SSSR count). The smallest absolute Gasteiger partial charge is 0.291 e. The minimum absolute atomic E-state index is 0.243. The van der Waals surface area contributed by atoms with Crippen LogP contribution in [0.3, 0.4) is 0 Å². The van der Waals surface area contributed by atoms with E-state index in [0.29, 0.717) is 22.8 Å². The van der Waals surface area contributed by atoms with Gasteiger partial charge in [-0.2, -0.15) is 0 Å². The maximum atomic E-state index is 12.3. The standard InChI is InChI=1S/C19H14BrClN2O3/c20-13-5-8-16(21)15(10-13)18(24)22-11-12-3-6-14(7-4-12)23-19(25)17-2-1-9-26-17/h1-10H,11H2,(H,22,24)(H,23,25). The molecular weight excluding hydrogens is 420 g/mol. The molecular formula is C19H14BrClN2O3. The van der Waals surface area contributed by atoms with Crippen molar-refractivity contribution in [1.82, 2.24) is 5.32 Å². The number of hydrogen-bond donors (Lipinski definition) is 2. The molecule has 0 aliphatic heterocycles. The average molecular weight is 434 g/mol. The Hall–Kier alpha value is -2.57. The zero-order chi connectivity index (χ0) is 18.5. The maximum Gasteiger partial charge on any atom is 0.291 e. The van der Waals surface area contributed by atoms with Gasteiger partial charge in [0.1, 0.15) is 0 Å². The van der Waals surface area contributed by atoms with E-state index >= 15 is 0 Å². The van der Waals surface area contributed by atoms with Crippen LogP contribution in [0.15, 0.2) is 69.8 Å². The van der Waals surface area contributed by atoms with Crippen LogP contribution in [0.4, 0.5) is 5.69 Å². The minimum Gasteiger partial charge on any atom is -0.459 e. The van der Waals surface area contributed by atoms with Gasteiger partial charge >= 0.3 is 0 Å². The summed E-state index contributed by atoms with van der Waals surface area (Å²) < 4.78 is 5.82. The van der Waals surface area contributed by atoms with Crippen LogP contribution in [0.25, 0.3) is 0 Å². The van der Waals surface area contributed by atoms with E-state index < -0.39 is 0 Å². The van der Waals surface area contributed by atoms with Crippen LogP contribution in [-0.2, 0) is 6.54 Å². The van der Waals surface area contributed by atoms with Crippen molar-refractivity contribution < 1.29 is 14.0 Å². The number of benzene rings is 2. The number of carbonyl (C=O) groups excluding carboxylic acids is 2. The SMILES string of the molecule is O=C(Nc1ccc(CNC(=O)c2cc(Br)ccc2Cl)cc1)c1ccco1. The average Bonchev–Trinajstić information content (AvgIpc) is 3.18. The first-order valence-electron chi connectivity index (χ1n) is 7.70. The summed E-state index contributed by atoms with van der Waals surface area (Å²) in [7, 11) is 0. The lowest BCUT2D eigenvalue weighted by atomic mass is 10.1. The van der Waals surface area contributed by atoms with Crippen LogP contribution in [0, 0.1) is 0 Å². The number of hydrogen-bond acceptors (Lipinski definition) is 3. The second-order valence-corrected chi connectivity index (χ2v) is 6.76. The molecule has 2 amide bonds. The van der Waals surface area contributed by atoms with Crippen molar-refractivity contribution in [2.75, 3.05) is 5.32 Å². The summed E-state index contributed by atoms with van der Waals surface area (Å²) >= 11 is 9.38. The van der Waals surface area contributed by atoms with Gasteiger partial charge in [0.05, 0.1) is 16.8 Å². The van der Waals surface area contributed by atoms with Crippen molar-refractivity contribution in [3.05, 3.63) is 87.2 Å². The summed E-state index contributed by atoms with van der Waals surface area (Å²) in [5.74, 6) is -0.334. The van der Waals surface area contributed by atoms with Crippen LogP contribution in [-0.4, -0.2) is 11.8 Å². The molecule has 0 saturated carbocycles. The zero-order valence-corrected chi connectivity index (χ0v) is 15.8. The van der Waals surface area contributed by atoms with Crippen molar-refractivity contribution >= 4 is 45.0 Å². The van der Waals surface area contributed by atoms with Crippen molar-refractivity contribution in [2.45, 2.75) is 6.54 Å². The molecule has 0 aliphatic carbocycles. The van der Waals surface area contributed by atoms with Crippen molar-refractivity contribution in [1.29, 1.82) is 0 Å². The first kappa shape index (κ1) is 18.2. The van der Waals surface area contributed by atoms with Crippen LogP contribution in [0.1, 0.15) is 26.5 Å². The van der Waals surface area contributed by atoms with Crippen molar-refractivity contribution in [2.24, 2.45) is 0 Å². The summed E-state index contributed by atoms with van der Waals surface area (Å²) in [6.07, 6.45) is 1.44. The van der Waals surface area contributed by atoms with Crippen molar-refractivity contribution in [3.8, 4) is 0 Å². The molecule has 2 N–H and O–H groups in total. The van der Waals surface area contributed by atoms with Gasteiger partial charge in [-0.1, -0.05) is 39.7 Å². The Bertz CT molecular complexity index is 924. The molecule has 0 aliphatic rings. The normalized spacial score (nSPS) is 10.4. The van der Waals surface area contributed by atoms with Crippen LogP contribution in [0.2, 0.25) is 5.02 Å². The molecule has 132 valence electrons. The Labute approximate surface area is 163 Å². The van der Waals surface area contributed by atoms with Gasteiger partial charge in [-0.3, -0.25) is 9.59 Å². The fraction of sp³-hybridized carbons (Fsp3) is 0.0526. The zero-order valence-electron chi connectivity index (χ0n) is 13.5. The molecule has 0 unspecified atom stereocenters. The van der Waals surface area contributed by atoms with Gasteiger partial charge in [-0.15, -0.1) is 0 Å². The quantitative estimate of drug-likeness (QED) is 0.602. The fourth-order valence-electron chi connectivity index (χ4n) is 2.26. The molecule has 3 aromatic rings. The molecule has 1 heterocycles. The molecule has 0 radical (unpaired) electrons. The minimum atomic E-state index is -0.319. The van der Waals surface area contributed by atoms with Gasteiger partial charge in [0.2, 0.25) is 0 Å². The molecule has 0 atom stereocenters. The Morgan fingerprint density at radius 2 is 1.81 bits per heavy atom. The lowest BCUT2D eigenvalue weighted by Gasteiger charge is -2.08. The predicted molar refractivity (Wildman–Crippen MR) is 103 cm³/mol. The number of anilines is 1. The molecule has 2 aromatic carbocycles. The summed E-state index contributed by atoms with van der Waals surface area (Å²) in [4.78, 5) is 24.2. The highest BCUT2D eigenvalue weighted by molar-refractivity contribution is 9.10. The highest BCUT2D eigenvalue weighted by atomic mass is 79.9. The van der Waals surface area contributed by atoms with Gasteiger partial charge in [0.25, 0.3) is 11.8 Å². The van der Waals surface area contributed by atoms with E-state index in [2.05, 4.69) is 26.6 Å². The predicted octanol–water partition coefficient (Wildman–Crippen LogP) is 4.88. The highest BCUT2D eigenvalue weighted by Gasteiger charge is 2.11. The Balaban J connectivity index is 1.58. The van der Waals surface area contributed by atoms with E-state index in [1.165, 1.54) is 6.26 Å². The third kappa shape index (κ3) is 4.53. The largest absolute Gasteiger partial charge is 0.459 e. The highest BCUT2D eigenvalue weighted by Crippen LogP contribution is 2.21. The van der Waals surface area contributed by atoms with Crippen molar-refractivity contribution in [3.63, 3.8) is 0 Å². The number of carbonyl (C=O) groups is 2. The number of halogens is 2. The molecule has 5 nitrogen and oxygen atoms in total. The second-order valence-electron chi connectivity index (χ2n) is 5.44. The summed E-state index contributed by atoms with van der Waals surface area (Å²) in [5, 5.41) is 5.94. The summed E-state index contributed by atoms with van der Waals surface area (Å²) in [6.45, 7) is 0.341. The van der Waals surface area contributed by atoms with E-state index in [1.54, 1.807) is 42.5 Å². The monoisotopic (exact) mass is 432 g/mol. The Kier molecular flexibility index (Phi) is 5.75. The third-order valence-electron chi connectivity index (χ3n) is 3.58. The van der Waals surface area contributed by atoms with Gasteiger partial charge in [-0.05, 0) is 48.0 Å². The van der Waals surface area contributed by atoms with Crippen LogP contribution < -0.4 is 10.6 Å². The van der Waals surface area contributed by atoms with Crippen LogP contribution >= 0.6 is 27.5 Å². The van der Waals surface area contributed by atoms with Gasteiger partial charge in [0, 0.05) is 16.7 Å². The van der Waals surface area contributed by atoms with Gasteiger partial charge < -0.3 is 15.1 Å². The van der Waals surface area contributed by atoms with E-state index in [4.69, 9.17) is 16.0 Å². The number of furan rings is 1. The number of amides is 2. The maximum absolute atomic E-state index is 12.3. The van der Waals surface area contributed by atoms with E-state index in [9.17, 15) is 9.59 Å². The molecule has 0 bridgehead atoms. The van der Waals surface area contributed by atoms with E-state index in [1.807, 2.05) is 12.1 Å². The molecule has 26 heavy (non-hydrogen) atoms. The summed E-state index contributed by atoms with van der Waals surface area (Å²) in [6, 6.07) is 15.5. The second kappa shape index (κ2) is 8.21. The van der Waals surface area contributed by atoms with Gasteiger partial charge in [-0.25, -0.2) is 0 Å². The number of rotatable bonds is 5. The lowest BCUT2D eigenvalue weighted by molar-refractivity contribution is 0.0950. The Morgan fingerprint density at radius 1 is 1.04 bits per heavy atom. The first-order valence-corrected chi connectivity index (χ1v) is 8.87. The first-order chi connectivity index (χ1) is 12.5.